The Morgan fingerprint density at radius 1 is 0.958 bits per heavy atom. The summed E-state index contributed by atoms with van der Waals surface area (Å²) in [5.74, 6) is 2.98. The van der Waals surface area contributed by atoms with Gasteiger partial charge in [-0.25, -0.2) is 23.5 Å². The number of hydrogen-bond acceptors (Lipinski definition) is 3. The predicted octanol–water partition coefficient (Wildman–Crippen LogP) is 0.665. The Hall–Kier alpha value is -2.08. The number of nitrogens with zero attached hydrogens (tertiary/aromatic N) is 3. The highest BCUT2D eigenvalue weighted by molar-refractivity contribution is 5.44. The zero-order chi connectivity index (χ0) is 16.0. The maximum Gasteiger partial charge on any atom is 0.352 e. The summed E-state index contributed by atoms with van der Waals surface area (Å²) in [6, 6.07) is 9.72. The summed E-state index contributed by atoms with van der Waals surface area (Å²) in [4.78, 5) is 26.2. The van der Waals surface area contributed by atoms with Gasteiger partial charge in [0.25, 0.3) is 0 Å². The number of ether oxygens (including phenoxy) is 1. The van der Waals surface area contributed by atoms with Crippen LogP contribution in [-0.2, 0) is 4.74 Å². The first-order valence-corrected chi connectivity index (χ1v) is 8.74. The van der Waals surface area contributed by atoms with Crippen LogP contribution in [0, 0.1) is 35.0 Å². The fraction of sp³-hybridized carbons (Fsp3) is 0.556. The van der Waals surface area contributed by atoms with Gasteiger partial charge in [0.1, 0.15) is 0 Å². The molecule has 122 valence electrons. The maximum atomic E-state index is 13.1. The number of methoxy groups -OCH3 is 1. The van der Waals surface area contributed by atoms with Crippen molar-refractivity contribution in [3.8, 4) is 5.69 Å². The Labute approximate surface area is 137 Å². The zero-order valence-electron chi connectivity index (χ0n) is 13.2. The largest absolute Gasteiger partial charge is 0.384 e. The van der Waals surface area contributed by atoms with E-state index in [0.29, 0.717) is 35.3 Å². The van der Waals surface area contributed by atoms with Crippen LogP contribution in [0.15, 0.2) is 39.9 Å². The average Bonchev–Trinajstić information content (AvgIpc) is 3.41. The fourth-order valence-electron chi connectivity index (χ4n) is 7.44. The minimum Gasteiger partial charge on any atom is -0.384 e. The van der Waals surface area contributed by atoms with E-state index in [1.165, 1.54) is 4.57 Å². The second-order valence-corrected chi connectivity index (χ2v) is 8.18. The molecule has 0 amide bonds. The van der Waals surface area contributed by atoms with Crippen LogP contribution < -0.4 is 11.4 Å². The SMILES string of the molecule is COCC12C3[C@H]4[C@H]3[C@@H]3[C@H]1[C@H]2[C@@H]4n1c(=O)n(-c2ccccc2)c(=O)n13. The molecule has 2 bridgehead atoms. The van der Waals surface area contributed by atoms with Gasteiger partial charge in [-0.05, 0) is 41.7 Å². The first-order valence-electron chi connectivity index (χ1n) is 8.74. The summed E-state index contributed by atoms with van der Waals surface area (Å²) in [6.07, 6.45) is 0. The van der Waals surface area contributed by atoms with Crippen LogP contribution in [0.4, 0.5) is 0 Å². The third kappa shape index (κ3) is 0.922. The summed E-state index contributed by atoms with van der Waals surface area (Å²) < 4.78 is 10.5. The summed E-state index contributed by atoms with van der Waals surface area (Å²) in [5.41, 5.74) is 0.609. The molecule has 6 nitrogen and oxygen atoms in total. The van der Waals surface area contributed by atoms with Crippen LogP contribution >= 0.6 is 0 Å². The average molecular weight is 323 g/mol. The minimum atomic E-state index is -0.163. The molecule has 0 radical (unpaired) electrons. The van der Waals surface area contributed by atoms with Gasteiger partial charge in [-0.15, -0.1) is 0 Å². The highest BCUT2D eigenvalue weighted by Gasteiger charge is 2.97. The zero-order valence-corrected chi connectivity index (χ0v) is 13.2. The van der Waals surface area contributed by atoms with E-state index >= 15 is 0 Å². The molecule has 4 fully saturated rings. The van der Waals surface area contributed by atoms with E-state index in [1.54, 1.807) is 7.11 Å². The van der Waals surface area contributed by atoms with Crippen molar-refractivity contribution in [3.05, 3.63) is 51.3 Å². The van der Waals surface area contributed by atoms with Gasteiger partial charge in [-0.2, -0.15) is 0 Å². The lowest BCUT2D eigenvalue weighted by Crippen LogP contribution is -2.45. The quantitative estimate of drug-likeness (QED) is 0.834. The molecular formula is C18H17N3O3. The van der Waals surface area contributed by atoms with Crippen molar-refractivity contribution in [1.29, 1.82) is 0 Å². The molecule has 6 aliphatic rings. The highest BCUT2D eigenvalue weighted by atomic mass is 16.5. The molecule has 0 spiro atoms. The molecule has 1 aromatic carbocycles. The fourth-order valence-corrected chi connectivity index (χ4v) is 7.44. The van der Waals surface area contributed by atoms with Crippen LogP contribution in [0.3, 0.4) is 0 Å². The molecule has 4 aliphatic carbocycles. The van der Waals surface area contributed by atoms with Gasteiger partial charge in [0.15, 0.2) is 0 Å². The predicted molar refractivity (Wildman–Crippen MR) is 84.1 cm³/mol. The summed E-state index contributed by atoms with van der Waals surface area (Å²) in [5, 5.41) is 0. The lowest BCUT2D eigenvalue weighted by Gasteiger charge is -2.36. The van der Waals surface area contributed by atoms with Crippen molar-refractivity contribution in [2.24, 2.45) is 35.0 Å². The molecule has 2 aliphatic heterocycles. The first-order chi connectivity index (χ1) is 11.7. The third-order valence-corrected chi connectivity index (χ3v) is 7.78. The Kier molecular flexibility index (Phi) is 1.71. The number of benzene rings is 1. The molecule has 24 heavy (non-hydrogen) atoms. The van der Waals surface area contributed by atoms with E-state index in [4.69, 9.17) is 4.74 Å². The van der Waals surface area contributed by atoms with Gasteiger partial charge in [-0.3, -0.25) is 0 Å². The standard InChI is InChI=1S/C18H17N3O3/c1-24-7-18-11-9-10(11)15-13(18)12(18)14(9)20-16(22)19(17(23)21(15)20)8-5-3-2-4-6-8/h2-6,9-15H,7H2,1H3/t9-,10-,11?,12-,13+,14-,15-,18?/m1/s1. The molecular weight excluding hydrogens is 306 g/mol. The number of hydrogen-bond donors (Lipinski definition) is 0. The molecule has 0 N–H and O–H groups in total. The van der Waals surface area contributed by atoms with Gasteiger partial charge in [0.2, 0.25) is 0 Å². The molecule has 4 saturated carbocycles. The van der Waals surface area contributed by atoms with E-state index < -0.39 is 0 Å². The van der Waals surface area contributed by atoms with E-state index in [0.717, 1.165) is 6.61 Å². The first kappa shape index (κ1) is 12.3. The summed E-state index contributed by atoms with van der Waals surface area (Å²) in [6.45, 7) is 0.791. The van der Waals surface area contributed by atoms with Crippen molar-refractivity contribution < 1.29 is 4.74 Å². The number of aromatic nitrogens is 3. The minimum absolute atomic E-state index is 0.163. The molecule has 6 heteroatoms. The van der Waals surface area contributed by atoms with E-state index in [1.807, 2.05) is 39.7 Å². The van der Waals surface area contributed by atoms with Crippen LogP contribution in [0.1, 0.15) is 12.1 Å². The summed E-state index contributed by atoms with van der Waals surface area (Å²) >= 11 is 0. The van der Waals surface area contributed by atoms with Gasteiger partial charge in [0, 0.05) is 12.5 Å². The number of rotatable bonds is 3. The lowest BCUT2D eigenvalue weighted by molar-refractivity contribution is 0.112. The maximum absolute atomic E-state index is 13.1. The Bertz CT molecular complexity index is 977. The third-order valence-electron chi connectivity index (χ3n) is 7.78. The Morgan fingerprint density at radius 3 is 2.08 bits per heavy atom. The smallest absolute Gasteiger partial charge is 0.352 e. The van der Waals surface area contributed by atoms with Gasteiger partial charge in [-0.1, -0.05) is 18.2 Å². The van der Waals surface area contributed by atoms with Crippen LogP contribution in [0.5, 0.6) is 0 Å². The van der Waals surface area contributed by atoms with Crippen LogP contribution in [-0.4, -0.2) is 27.6 Å². The van der Waals surface area contributed by atoms with Crippen molar-refractivity contribution in [2.75, 3.05) is 13.7 Å². The Morgan fingerprint density at radius 2 is 1.54 bits per heavy atom. The van der Waals surface area contributed by atoms with Crippen molar-refractivity contribution >= 4 is 0 Å². The molecule has 0 saturated heterocycles. The second-order valence-electron chi connectivity index (χ2n) is 8.18. The molecule has 2 unspecified atom stereocenters. The van der Waals surface area contributed by atoms with E-state index in [2.05, 4.69) is 0 Å². The van der Waals surface area contributed by atoms with Gasteiger partial charge in [0.05, 0.1) is 24.4 Å². The van der Waals surface area contributed by atoms with Gasteiger partial charge >= 0.3 is 11.4 Å². The molecule has 3 heterocycles. The normalized spacial score (nSPS) is 47.0. The van der Waals surface area contributed by atoms with Crippen LogP contribution in [0.25, 0.3) is 5.69 Å². The van der Waals surface area contributed by atoms with Crippen molar-refractivity contribution in [1.82, 2.24) is 13.9 Å². The number of para-hydroxylation sites is 1. The Balaban J connectivity index is 1.49. The van der Waals surface area contributed by atoms with E-state index in [-0.39, 0.29) is 28.9 Å². The van der Waals surface area contributed by atoms with Crippen LogP contribution in [0.2, 0.25) is 0 Å². The van der Waals surface area contributed by atoms with E-state index in [9.17, 15) is 9.59 Å². The van der Waals surface area contributed by atoms with Crippen molar-refractivity contribution in [3.63, 3.8) is 0 Å². The lowest BCUT2D eigenvalue weighted by atomic mass is 9.89. The second kappa shape index (κ2) is 3.33. The topological polar surface area (TPSA) is 58.2 Å². The summed E-state index contributed by atoms with van der Waals surface area (Å²) in [7, 11) is 1.77. The molecule has 8 atom stereocenters. The molecule has 2 aromatic rings. The monoisotopic (exact) mass is 323 g/mol. The molecule has 1 aromatic heterocycles. The highest BCUT2D eigenvalue weighted by Crippen LogP contribution is 2.97. The van der Waals surface area contributed by atoms with Crippen molar-refractivity contribution in [2.45, 2.75) is 12.1 Å². The van der Waals surface area contributed by atoms with Gasteiger partial charge < -0.3 is 4.74 Å². The molecule has 8 rings (SSSR count).